The van der Waals surface area contributed by atoms with Crippen molar-refractivity contribution in [2.45, 2.75) is 24.7 Å². The maximum atomic E-state index is 12.0. The van der Waals surface area contributed by atoms with Crippen LogP contribution in [0.4, 0.5) is 0 Å². The Labute approximate surface area is 130 Å². The normalized spacial score (nSPS) is 20.7. The standard InChI is InChI=1S/C13H18N2O5S2/c1-10-2-4-12(5-3-10)22(19,20)15-14-13(16)8-11-6-7-21(17,18)9-11/h2-5,11,15H,6-9H2,1H3,(H,14,16)/t11-/m1/s1. The number of nitrogens with one attached hydrogen (secondary N) is 2. The van der Waals surface area contributed by atoms with Crippen LogP contribution < -0.4 is 10.3 Å². The molecule has 1 saturated heterocycles. The smallest absolute Gasteiger partial charge is 0.257 e. The molecule has 1 heterocycles. The minimum absolute atomic E-state index is 0.0182. The molecule has 1 aliphatic heterocycles. The molecule has 7 nitrogen and oxygen atoms in total. The van der Waals surface area contributed by atoms with Crippen LogP contribution in [0.1, 0.15) is 18.4 Å². The third kappa shape index (κ3) is 4.52. The summed E-state index contributed by atoms with van der Waals surface area (Å²) in [6.45, 7) is 1.83. The van der Waals surface area contributed by atoms with E-state index in [4.69, 9.17) is 0 Å². The Kier molecular flexibility index (Phi) is 4.88. The van der Waals surface area contributed by atoms with Gasteiger partial charge in [0.2, 0.25) is 5.91 Å². The van der Waals surface area contributed by atoms with Gasteiger partial charge < -0.3 is 0 Å². The maximum Gasteiger partial charge on any atom is 0.257 e. The van der Waals surface area contributed by atoms with Gasteiger partial charge in [-0.05, 0) is 31.4 Å². The number of carbonyl (C=O) groups excluding carboxylic acids is 1. The summed E-state index contributed by atoms with van der Waals surface area (Å²) in [6.07, 6.45) is 0.413. The molecule has 1 aromatic carbocycles. The van der Waals surface area contributed by atoms with Crippen LogP contribution in [0.15, 0.2) is 29.2 Å². The minimum atomic E-state index is -3.83. The number of aryl methyl sites for hydroxylation is 1. The minimum Gasteiger partial charge on any atom is -0.278 e. The highest BCUT2D eigenvalue weighted by Crippen LogP contribution is 2.21. The SMILES string of the molecule is Cc1ccc(S(=O)(=O)NNC(=O)C[C@H]2CCS(=O)(=O)C2)cc1. The van der Waals surface area contributed by atoms with Crippen LogP contribution in [0.3, 0.4) is 0 Å². The molecule has 0 unspecified atom stereocenters. The Morgan fingerprint density at radius 1 is 1.27 bits per heavy atom. The molecule has 0 spiro atoms. The van der Waals surface area contributed by atoms with Crippen molar-refractivity contribution in [2.24, 2.45) is 5.92 Å². The quantitative estimate of drug-likeness (QED) is 0.737. The van der Waals surface area contributed by atoms with Crippen molar-refractivity contribution in [1.82, 2.24) is 10.3 Å². The van der Waals surface area contributed by atoms with E-state index in [1.165, 1.54) is 12.1 Å². The van der Waals surface area contributed by atoms with Gasteiger partial charge in [-0.25, -0.2) is 16.8 Å². The second kappa shape index (κ2) is 6.35. The molecule has 1 aromatic rings. The average Bonchev–Trinajstić information content (AvgIpc) is 2.76. The van der Waals surface area contributed by atoms with Crippen LogP contribution in [-0.2, 0) is 24.7 Å². The van der Waals surface area contributed by atoms with E-state index in [2.05, 4.69) is 5.43 Å². The Morgan fingerprint density at radius 2 is 1.91 bits per heavy atom. The second-order valence-corrected chi connectivity index (χ2v) is 9.35. The van der Waals surface area contributed by atoms with Gasteiger partial charge in [-0.2, -0.15) is 0 Å². The lowest BCUT2D eigenvalue weighted by atomic mass is 10.1. The monoisotopic (exact) mass is 346 g/mol. The molecule has 2 rings (SSSR count). The van der Waals surface area contributed by atoms with E-state index in [0.717, 1.165) is 5.56 Å². The van der Waals surface area contributed by atoms with Crippen LogP contribution in [0.2, 0.25) is 0 Å². The summed E-state index contributed by atoms with van der Waals surface area (Å²) >= 11 is 0. The molecule has 0 aromatic heterocycles. The van der Waals surface area contributed by atoms with Crippen molar-refractivity contribution in [3.8, 4) is 0 Å². The molecule has 1 aliphatic rings. The van der Waals surface area contributed by atoms with E-state index in [9.17, 15) is 21.6 Å². The summed E-state index contributed by atoms with van der Waals surface area (Å²) in [5.41, 5.74) is 3.04. The summed E-state index contributed by atoms with van der Waals surface area (Å²) in [4.78, 5) is 13.8. The first-order valence-corrected chi connectivity index (χ1v) is 10.1. The molecule has 2 N–H and O–H groups in total. The van der Waals surface area contributed by atoms with Gasteiger partial charge in [-0.1, -0.05) is 17.7 Å². The molecule has 0 saturated carbocycles. The first kappa shape index (κ1) is 16.9. The average molecular weight is 346 g/mol. The second-order valence-electron chi connectivity index (χ2n) is 5.44. The van der Waals surface area contributed by atoms with Gasteiger partial charge in [-0.3, -0.25) is 10.2 Å². The van der Waals surface area contributed by atoms with Crippen LogP contribution in [-0.4, -0.2) is 34.2 Å². The third-order valence-electron chi connectivity index (χ3n) is 3.46. The van der Waals surface area contributed by atoms with Gasteiger partial charge in [0.15, 0.2) is 9.84 Å². The van der Waals surface area contributed by atoms with Gasteiger partial charge >= 0.3 is 0 Å². The largest absolute Gasteiger partial charge is 0.278 e. The van der Waals surface area contributed by atoms with E-state index >= 15 is 0 Å². The van der Waals surface area contributed by atoms with E-state index < -0.39 is 25.8 Å². The van der Waals surface area contributed by atoms with Crippen molar-refractivity contribution in [3.63, 3.8) is 0 Å². The third-order valence-corrected chi connectivity index (χ3v) is 6.56. The highest BCUT2D eigenvalue weighted by molar-refractivity contribution is 7.91. The lowest BCUT2D eigenvalue weighted by molar-refractivity contribution is -0.122. The lowest BCUT2D eigenvalue weighted by Crippen LogP contribution is -2.42. The van der Waals surface area contributed by atoms with Crippen molar-refractivity contribution in [1.29, 1.82) is 0 Å². The molecule has 1 fully saturated rings. The number of rotatable bonds is 5. The topological polar surface area (TPSA) is 109 Å². The molecule has 0 radical (unpaired) electrons. The number of benzene rings is 1. The van der Waals surface area contributed by atoms with Crippen molar-refractivity contribution >= 4 is 25.8 Å². The molecule has 9 heteroatoms. The Morgan fingerprint density at radius 3 is 2.45 bits per heavy atom. The summed E-state index contributed by atoms with van der Waals surface area (Å²) in [5.74, 6) is -0.739. The molecule has 1 atom stereocenters. The number of hydrazine groups is 1. The zero-order valence-electron chi connectivity index (χ0n) is 12.1. The van der Waals surface area contributed by atoms with E-state index in [1.807, 2.05) is 11.8 Å². The maximum absolute atomic E-state index is 12.0. The highest BCUT2D eigenvalue weighted by atomic mass is 32.2. The van der Waals surface area contributed by atoms with E-state index in [0.29, 0.717) is 6.42 Å². The first-order chi connectivity index (χ1) is 10.2. The Balaban J connectivity index is 1.89. The van der Waals surface area contributed by atoms with Gasteiger partial charge in [0.05, 0.1) is 16.4 Å². The zero-order chi connectivity index (χ0) is 16.4. The Bertz CT molecular complexity index is 754. The Hall–Kier alpha value is -1.45. The highest BCUT2D eigenvalue weighted by Gasteiger charge is 2.29. The summed E-state index contributed by atoms with van der Waals surface area (Å²) in [7, 11) is -6.88. The number of hydrogen-bond donors (Lipinski definition) is 2. The van der Waals surface area contributed by atoms with E-state index in [1.54, 1.807) is 12.1 Å². The first-order valence-electron chi connectivity index (χ1n) is 6.76. The molecular formula is C13H18N2O5S2. The molecule has 22 heavy (non-hydrogen) atoms. The van der Waals surface area contributed by atoms with Crippen LogP contribution in [0.5, 0.6) is 0 Å². The number of amides is 1. The fourth-order valence-corrected chi connectivity index (χ4v) is 4.97. The van der Waals surface area contributed by atoms with Gasteiger partial charge in [0.1, 0.15) is 0 Å². The molecular weight excluding hydrogens is 328 g/mol. The molecule has 0 bridgehead atoms. The van der Waals surface area contributed by atoms with Crippen molar-refractivity contribution in [2.75, 3.05) is 11.5 Å². The van der Waals surface area contributed by atoms with E-state index in [-0.39, 0.29) is 28.7 Å². The number of hydrogen-bond acceptors (Lipinski definition) is 5. The lowest BCUT2D eigenvalue weighted by Gasteiger charge is -2.10. The van der Waals surface area contributed by atoms with Crippen LogP contribution >= 0.6 is 0 Å². The molecule has 122 valence electrons. The summed E-state index contributed by atoms with van der Waals surface area (Å²) in [5, 5.41) is 0. The number of carbonyl (C=O) groups is 1. The number of sulfonamides is 1. The van der Waals surface area contributed by atoms with Crippen LogP contribution in [0.25, 0.3) is 0 Å². The fraction of sp³-hybridized carbons (Fsp3) is 0.462. The van der Waals surface area contributed by atoms with Crippen LogP contribution in [0, 0.1) is 12.8 Å². The van der Waals surface area contributed by atoms with Gasteiger partial charge in [0, 0.05) is 6.42 Å². The predicted molar refractivity (Wildman–Crippen MR) is 81.0 cm³/mol. The van der Waals surface area contributed by atoms with Crippen molar-refractivity contribution in [3.05, 3.63) is 29.8 Å². The molecule has 1 amide bonds. The van der Waals surface area contributed by atoms with Crippen molar-refractivity contribution < 1.29 is 21.6 Å². The van der Waals surface area contributed by atoms with Gasteiger partial charge in [-0.15, -0.1) is 4.83 Å². The number of sulfone groups is 1. The summed E-state index contributed by atoms with van der Waals surface area (Å²) < 4.78 is 46.6. The van der Waals surface area contributed by atoms with Gasteiger partial charge in [0.25, 0.3) is 10.0 Å². The predicted octanol–water partition coefficient (Wildman–Crippen LogP) is 0.129. The summed E-state index contributed by atoms with van der Waals surface area (Å²) in [6, 6.07) is 6.18. The molecule has 0 aliphatic carbocycles. The zero-order valence-corrected chi connectivity index (χ0v) is 13.7. The fourth-order valence-electron chi connectivity index (χ4n) is 2.25.